The van der Waals surface area contributed by atoms with Crippen LogP contribution in [0.3, 0.4) is 0 Å². The third kappa shape index (κ3) is 3.26. The van der Waals surface area contributed by atoms with E-state index in [1.165, 1.54) is 0 Å². The standard InChI is InChI=1S/C11H17F3N2O/c12-11(13,14)9(8-4-2-1-3-5-8)16-10-15-6-7-17-10/h8-9H,1-7H2,(H,15,16). The van der Waals surface area contributed by atoms with Gasteiger partial charge in [-0.3, -0.25) is 0 Å². The molecule has 1 atom stereocenters. The Morgan fingerprint density at radius 2 is 1.94 bits per heavy atom. The van der Waals surface area contributed by atoms with Crippen LogP contribution in [0.4, 0.5) is 13.2 Å². The maximum absolute atomic E-state index is 13.0. The number of halogens is 3. The molecular weight excluding hydrogens is 233 g/mol. The van der Waals surface area contributed by atoms with Gasteiger partial charge in [0.2, 0.25) is 0 Å². The molecule has 3 nitrogen and oxygen atoms in total. The van der Waals surface area contributed by atoms with E-state index in [0.717, 1.165) is 19.3 Å². The summed E-state index contributed by atoms with van der Waals surface area (Å²) in [5, 5.41) is 2.43. The number of hydrogen-bond donors (Lipinski definition) is 1. The highest BCUT2D eigenvalue weighted by atomic mass is 19.4. The highest BCUT2D eigenvalue weighted by Gasteiger charge is 2.45. The van der Waals surface area contributed by atoms with E-state index in [1.54, 1.807) is 0 Å². The largest absolute Gasteiger partial charge is 0.463 e. The molecule has 1 fully saturated rings. The lowest BCUT2D eigenvalue weighted by Crippen LogP contribution is -2.50. The molecule has 17 heavy (non-hydrogen) atoms. The minimum Gasteiger partial charge on any atom is -0.463 e. The van der Waals surface area contributed by atoms with Crippen LogP contribution in [0.1, 0.15) is 32.1 Å². The van der Waals surface area contributed by atoms with Gasteiger partial charge in [-0.05, 0) is 18.8 Å². The van der Waals surface area contributed by atoms with E-state index in [0.29, 0.717) is 26.0 Å². The number of ether oxygens (including phenoxy) is 1. The molecule has 0 amide bonds. The second-order valence-corrected chi connectivity index (χ2v) is 4.60. The summed E-state index contributed by atoms with van der Waals surface area (Å²) in [4.78, 5) is 3.87. The molecule has 0 radical (unpaired) electrons. The quantitative estimate of drug-likeness (QED) is 0.816. The Kier molecular flexibility index (Phi) is 3.79. The Hall–Kier alpha value is -0.940. The van der Waals surface area contributed by atoms with Gasteiger partial charge in [-0.15, -0.1) is 0 Å². The van der Waals surface area contributed by atoms with E-state index >= 15 is 0 Å². The predicted molar refractivity (Wildman–Crippen MR) is 57.8 cm³/mol. The normalized spacial score (nSPS) is 24.1. The average Bonchev–Trinajstić information content (AvgIpc) is 2.78. The van der Waals surface area contributed by atoms with E-state index in [-0.39, 0.29) is 11.9 Å². The second-order valence-electron chi connectivity index (χ2n) is 4.60. The highest BCUT2D eigenvalue weighted by molar-refractivity contribution is 5.75. The van der Waals surface area contributed by atoms with Crippen LogP contribution in [-0.4, -0.2) is 31.4 Å². The molecule has 1 aliphatic heterocycles. The average molecular weight is 250 g/mol. The molecule has 1 saturated carbocycles. The molecule has 0 aromatic carbocycles. The Balaban J connectivity index is 2.01. The number of aliphatic imine (C=N–C) groups is 1. The van der Waals surface area contributed by atoms with Gasteiger partial charge in [-0.1, -0.05) is 19.3 Å². The minimum absolute atomic E-state index is 0.0536. The van der Waals surface area contributed by atoms with Gasteiger partial charge >= 0.3 is 6.18 Å². The Labute approximate surface area is 98.4 Å². The molecule has 0 saturated heterocycles. The molecule has 1 unspecified atom stereocenters. The van der Waals surface area contributed by atoms with Gasteiger partial charge in [-0.2, -0.15) is 13.2 Å². The summed E-state index contributed by atoms with van der Waals surface area (Å²) in [7, 11) is 0. The number of amidine groups is 1. The smallest absolute Gasteiger partial charge is 0.408 e. The first-order valence-corrected chi connectivity index (χ1v) is 6.08. The summed E-state index contributed by atoms with van der Waals surface area (Å²) in [5.74, 6) is -0.351. The molecule has 0 spiro atoms. The van der Waals surface area contributed by atoms with Crippen LogP contribution >= 0.6 is 0 Å². The maximum Gasteiger partial charge on any atom is 0.408 e. The van der Waals surface area contributed by atoms with Gasteiger partial charge in [0.15, 0.2) is 0 Å². The number of alkyl halides is 3. The summed E-state index contributed by atoms with van der Waals surface area (Å²) < 4.78 is 44.0. The molecule has 0 aromatic rings. The van der Waals surface area contributed by atoms with Gasteiger partial charge in [-0.25, -0.2) is 4.99 Å². The molecule has 1 aliphatic carbocycles. The molecule has 1 N–H and O–H groups in total. The van der Waals surface area contributed by atoms with Crippen LogP contribution in [0, 0.1) is 5.92 Å². The number of hydrogen-bond acceptors (Lipinski definition) is 3. The van der Waals surface area contributed by atoms with E-state index in [9.17, 15) is 13.2 Å². The van der Waals surface area contributed by atoms with Crippen LogP contribution in [0.15, 0.2) is 4.99 Å². The lowest BCUT2D eigenvalue weighted by molar-refractivity contribution is -0.167. The van der Waals surface area contributed by atoms with Crippen LogP contribution in [-0.2, 0) is 4.74 Å². The molecular formula is C11H17F3N2O. The summed E-state index contributed by atoms with van der Waals surface area (Å²) >= 11 is 0. The van der Waals surface area contributed by atoms with E-state index in [4.69, 9.17) is 4.74 Å². The lowest BCUT2D eigenvalue weighted by Gasteiger charge is -2.32. The third-order valence-electron chi connectivity index (χ3n) is 3.34. The molecule has 0 aromatic heterocycles. The number of rotatable bonds is 2. The van der Waals surface area contributed by atoms with Crippen molar-refractivity contribution in [2.45, 2.75) is 44.3 Å². The van der Waals surface area contributed by atoms with Crippen molar-refractivity contribution in [3.05, 3.63) is 0 Å². The Bertz CT molecular complexity index is 285. The fourth-order valence-electron chi connectivity index (χ4n) is 2.49. The second kappa shape index (κ2) is 5.14. The van der Waals surface area contributed by atoms with Crippen LogP contribution in [0.2, 0.25) is 0 Å². The first-order valence-electron chi connectivity index (χ1n) is 6.08. The summed E-state index contributed by atoms with van der Waals surface area (Å²) in [6.07, 6.45) is -0.178. The van der Waals surface area contributed by atoms with Crippen molar-refractivity contribution >= 4 is 6.02 Å². The first-order chi connectivity index (χ1) is 8.07. The van der Waals surface area contributed by atoms with E-state index in [1.807, 2.05) is 0 Å². The fraction of sp³-hybridized carbons (Fsp3) is 0.909. The number of nitrogens with one attached hydrogen (secondary N) is 1. The van der Waals surface area contributed by atoms with Crippen molar-refractivity contribution in [3.63, 3.8) is 0 Å². The zero-order valence-electron chi connectivity index (χ0n) is 9.59. The molecule has 2 aliphatic rings. The van der Waals surface area contributed by atoms with Crippen molar-refractivity contribution in [2.24, 2.45) is 10.9 Å². The SMILES string of the molecule is FC(F)(F)C(NC1=NCCO1)C1CCCCC1. The molecule has 98 valence electrons. The van der Waals surface area contributed by atoms with Gasteiger partial charge in [0, 0.05) is 0 Å². The van der Waals surface area contributed by atoms with Crippen molar-refractivity contribution in [1.29, 1.82) is 0 Å². The van der Waals surface area contributed by atoms with E-state index in [2.05, 4.69) is 10.3 Å². The van der Waals surface area contributed by atoms with Gasteiger partial charge < -0.3 is 10.1 Å². The molecule has 6 heteroatoms. The lowest BCUT2D eigenvalue weighted by atomic mass is 9.83. The fourth-order valence-corrected chi connectivity index (χ4v) is 2.49. The minimum atomic E-state index is -4.24. The maximum atomic E-state index is 13.0. The van der Waals surface area contributed by atoms with Crippen molar-refractivity contribution in [2.75, 3.05) is 13.2 Å². The summed E-state index contributed by atoms with van der Waals surface area (Å²) in [6.45, 7) is 0.815. The van der Waals surface area contributed by atoms with E-state index < -0.39 is 12.2 Å². The van der Waals surface area contributed by atoms with Crippen LogP contribution < -0.4 is 5.32 Å². The topological polar surface area (TPSA) is 33.6 Å². The van der Waals surface area contributed by atoms with Crippen molar-refractivity contribution < 1.29 is 17.9 Å². The Morgan fingerprint density at radius 1 is 1.24 bits per heavy atom. The summed E-state index contributed by atoms with van der Waals surface area (Å²) in [6, 6.07) is -1.46. The van der Waals surface area contributed by atoms with Gasteiger partial charge in [0.1, 0.15) is 12.6 Å². The first kappa shape index (κ1) is 12.5. The summed E-state index contributed by atoms with van der Waals surface area (Å²) in [5.41, 5.74) is 0. The molecule has 1 heterocycles. The zero-order chi connectivity index (χ0) is 12.3. The van der Waals surface area contributed by atoms with Gasteiger partial charge in [0.25, 0.3) is 6.02 Å². The van der Waals surface area contributed by atoms with Gasteiger partial charge in [0.05, 0.1) is 6.54 Å². The third-order valence-corrected chi connectivity index (χ3v) is 3.34. The van der Waals surface area contributed by atoms with Crippen LogP contribution in [0.5, 0.6) is 0 Å². The van der Waals surface area contributed by atoms with Crippen LogP contribution in [0.25, 0.3) is 0 Å². The highest BCUT2D eigenvalue weighted by Crippen LogP contribution is 2.34. The van der Waals surface area contributed by atoms with Crippen molar-refractivity contribution in [3.8, 4) is 0 Å². The zero-order valence-corrected chi connectivity index (χ0v) is 9.59. The molecule has 2 rings (SSSR count). The monoisotopic (exact) mass is 250 g/mol. The Morgan fingerprint density at radius 3 is 2.47 bits per heavy atom. The molecule has 0 bridgehead atoms. The van der Waals surface area contributed by atoms with Crippen molar-refractivity contribution in [1.82, 2.24) is 5.32 Å². The number of nitrogens with zero attached hydrogens (tertiary/aromatic N) is 1. The predicted octanol–water partition coefficient (Wildman–Crippen LogP) is 2.47.